The summed E-state index contributed by atoms with van der Waals surface area (Å²) in [6.45, 7) is 0. The summed E-state index contributed by atoms with van der Waals surface area (Å²) >= 11 is 5.58. The van der Waals surface area contributed by atoms with E-state index in [0.717, 1.165) is 0 Å². The van der Waals surface area contributed by atoms with Gasteiger partial charge in [-0.2, -0.15) is 0 Å². The molecule has 0 radical (unpaired) electrons. The van der Waals surface area contributed by atoms with E-state index in [2.05, 4.69) is 15.3 Å². The highest BCUT2D eigenvalue weighted by Crippen LogP contribution is 2.18. The number of carbonyl (C=O) groups excluding carboxylic acids is 1. The first kappa shape index (κ1) is 11.5. The van der Waals surface area contributed by atoms with E-state index >= 15 is 0 Å². The van der Waals surface area contributed by atoms with E-state index in [4.69, 9.17) is 11.6 Å². The number of rotatable bonds is 2. The number of anilines is 1. The molecule has 1 N–H and O–H groups in total. The molecule has 0 aliphatic heterocycles. The third kappa shape index (κ3) is 2.57. The number of amides is 1. The Balaban J connectivity index is 2.24. The van der Waals surface area contributed by atoms with Crippen LogP contribution in [0.1, 0.15) is 10.4 Å². The molecule has 0 saturated heterocycles. The first-order valence-corrected chi connectivity index (χ1v) is 5.07. The van der Waals surface area contributed by atoms with Crippen LogP contribution in [0.25, 0.3) is 0 Å². The molecule has 17 heavy (non-hydrogen) atoms. The zero-order valence-corrected chi connectivity index (χ0v) is 9.28. The van der Waals surface area contributed by atoms with E-state index in [1.807, 2.05) is 0 Å². The fraction of sp³-hybridized carbons (Fsp3) is 0. The summed E-state index contributed by atoms with van der Waals surface area (Å²) in [6, 6.07) is 4.21. The molecule has 0 bridgehead atoms. The van der Waals surface area contributed by atoms with Gasteiger partial charge in [-0.3, -0.25) is 9.78 Å². The fourth-order valence-electron chi connectivity index (χ4n) is 1.23. The van der Waals surface area contributed by atoms with Gasteiger partial charge in [-0.05, 0) is 12.1 Å². The van der Waals surface area contributed by atoms with Crippen molar-refractivity contribution in [1.82, 2.24) is 9.97 Å². The number of hydrogen-bond donors (Lipinski definition) is 1. The maximum atomic E-state index is 13.5. The minimum Gasteiger partial charge on any atom is -0.305 e. The Hall–Kier alpha value is -2.01. The van der Waals surface area contributed by atoms with Gasteiger partial charge in [0.2, 0.25) is 0 Å². The van der Waals surface area contributed by atoms with E-state index < -0.39 is 11.7 Å². The highest BCUT2D eigenvalue weighted by atomic mass is 35.5. The third-order valence-electron chi connectivity index (χ3n) is 2.00. The minimum atomic E-state index is -0.754. The van der Waals surface area contributed by atoms with Crippen molar-refractivity contribution >= 4 is 23.3 Å². The van der Waals surface area contributed by atoms with E-state index in [1.165, 1.54) is 36.8 Å². The van der Waals surface area contributed by atoms with Crippen molar-refractivity contribution in [3.8, 4) is 0 Å². The summed E-state index contributed by atoms with van der Waals surface area (Å²) in [5.41, 5.74) is -0.136. The molecule has 0 aliphatic carbocycles. The Morgan fingerprint density at radius 2 is 2.18 bits per heavy atom. The maximum absolute atomic E-state index is 13.5. The van der Waals surface area contributed by atoms with Gasteiger partial charge >= 0.3 is 0 Å². The van der Waals surface area contributed by atoms with Crippen LogP contribution in [-0.4, -0.2) is 15.9 Å². The Kier molecular flexibility index (Phi) is 3.30. The van der Waals surface area contributed by atoms with Crippen molar-refractivity contribution in [2.45, 2.75) is 0 Å². The minimum absolute atomic E-state index is 0.100. The van der Waals surface area contributed by atoms with Gasteiger partial charge in [0.05, 0.1) is 16.8 Å². The van der Waals surface area contributed by atoms with Crippen molar-refractivity contribution in [1.29, 1.82) is 0 Å². The molecular formula is C11H7ClFN3O. The predicted octanol–water partition coefficient (Wildman–Crippen LogP) is 2.52. The number of halogens is 2. The molecule has 1 aromatic heterocycles. The molecule has 1 amide bonds. The second-order valence-electron chi connectivity index (χ2n) is 3.15. The van der Waals surface area contributed by atoms with Crippen LogP contribution >= 0.6 is 11.6 Å². The van der Waals surface area contributed by atoms with Gasteiger partial charge < -0.3 is 5.32 Å². The molecule has 0 saturated carbocycles. The summed E-state index contributed by atoms with van der Waals surface area (Å²) in [5.74, 6) is -1.13. The van der Waals surface area contributed by atoms with E-state index in [0.29, 0.717) is 0 Å². The molecule has 0 spiro atoms. The number of carbonyl (C=O) groups is 1. The lowest BCUT2D eigenvalue weighted by atomic mass is 10.2. The highest BCUT2D eigenvalue weighted by molar-refractivity contribution is 6.31. The summed E-state index contributed by atoms with van der Waals surface area (Å²) in [6.07, 6.45) is 4.25. The smallest absolute Gasteiger partial charge is 0.259 e. The predicted molar refractivity (Wildman–Crippen MR) is 61.4 cm³/mol. The van der Waals surface area contributed by atoms with Crippen molar-refractivity contribution in [3.05, 3.63) is 53.2 Å². The van der Waals surface area contributed by atoms with Crippen LogP contribution in [0.4, 0.5) is 10.2 Å². The first-order valence-electron chi connectivity index (χ1n) is 4.70. The second kappa shape index (κ2) is 4.88. The largest absolute Gasteiger partial charge is 0.305 e. The molecule has 0 fully saturated rings. The summed E-state index contributed by atoms with van der Waals surface area (Å²) in [7, 11) is 0. The van der Waals surface area contributed by atoms with Crippen LogP contribution in [0.15, 0.2) is 36.8 Å². The van der Waals surface area contributed by atoms with Crippen molar-refractivity contribution in [2.75, 3.05) is 5.32 Å². The van der Waals surface area contributed by atoms with Gasteiger partial charge in [0.1, 0.15) is 0 Å². The summed E-state index contributed by atoms with van der Waals surface area (Å²) < 4.78 is 13.5. The second-order valence-corrected chi connectivity index (χ2v) is 3.55. The molecule has 4 nitrogen and oxygen atoms in total. The average molecular weight is 252 g/mol. The van der Waals surface area contributed by atoms with Crippen LogP contribution in [-0.2, 0) is 0 Å². The lowest BCUT2D eigenvalue weighted by Crippen LogP contribution is -2.14. The zero-order valence-electron chi connectivity index (χ0n) is 8.52. The molecule has 2 rings (SSSR count). The molecule has 1 heterocycles. The van der Waals surface area contributed by atoms with Crippen LogP contribution in [0.5, 0.6) is 0 Å². The number of hydrogen-bond acceptors (Lipinski definition) is 3. The molecule has 0 aliphatic rings. The average Bonchev–Trinajstić information content (AvgIpc) is 2.34. The molecule has 1 aromatic carbocycles. The fourth-order valence-corrected chi connectivity index (χ4v) is 1.40. The highest BCUT2D eigenvalue weighted by Gasteiger charge is 2.14. The number of aromatic nitrogens is 2. The van der Waals surface area contributed by atoms with Crippen molar-refractivity contribution in [3.63, 3.8) is 0 Å². The van der Waals surface area contributed by atoms with Crippen molar-refractivity contribution in [2.24, 2.45) is 0 Å². The van der Waals surface area contributed by atoms with Gasteiger partial charge in [0, 0.05) is 12.4 Å². The molecule has 6 heteroatoms. The van der Waals surface area contributed by atoms with Crippen molar-refractivity contribution < 1.29 is 9.18 Å². The number of nitrogens with zero attached hydrogens (tertiary/aromatic N) is 2. The van der Waals surface area contributed by atoms with Gasteiger partial charge in [-0.15, -0.1) is 0 Å². The normalized spacial score (nSPS) is 10.0. The van der Waals surface area contributed by atoms with Gasteiger partial charge in [-0.25, -0.2) is 9.37 Å². The zero-order chi connectivity index (χ0) is 12.3. The third-order valence-corrected chi connectivity index (χ3v) is 2.29. The molecule has 86 valence electrons. The van der Waals surface area contributed by atoms with Crippen LogP contribution in [0, 0.1) is 5.82 Å². The van der Waals surface area contributed by atoms with E-state index in [9.17, 15) is 9.18 Å². The number of benzene rings is 1. The molecule has 2 aromatic rings. The maximum Gasteiger partial charge on any atom is 0.259 e. The standard InChI is InChI=1S/C11H7ClFN3O/c12-8-3-1-2-7(10(8)13)11(17)16-9-6-14-4-5-15-9/h1-6H,(H,15,16,17). The topological polar surface area (TPSA) is 54.9 Å². The van der Waals surface area contributed by atoms with E-state index in [1.54, 1.807) is 0 Å². The molecule has 0 unspecified atom stereocenters. The summed E-state index contributed by atoms with van der Waals surface area (Å²) in [4.78, 5) is 19.3. The molecular weight excluding hydrogens is 245 g/mol. The molecule has 0 atom stereocenters. The van der Waals surface area contributed by atoms with Gasteiger partial charge in [0.25, 0.3) is 5.91 Å². The monoisotopic (exact) mass is 251 g/mol. The quantitative estimate of drug-likeness (QED) is 0.892. The number of nitrogens with one attached hydrogen (secondary N) is 1. The van der Waals surface area contributed by atoms with E-state index in [-0.39, 0.29) is 16.4 Å². The van der Waals surface area contributed by atoms with Crippen LogP contribution in [0.3, 0.4) is 0 Å². The Bertz CT molecular complexity index is 548. The van der Waals surface area contributed by atoms with Crippen LogP contribution < -0.4 is 5.32 Å². The lowest BCUT2D eigenvalue weighted by molar-refractivity contribution is 0.102. The van der Waals surface area contributed by atoms with Crippen LogP contribution in [0.2, 0.25) is 5.02 Å². The summed E-state index contributed by atoms with van der Waals surface area (Å²) in [5, 5.41) is 2.31. The van der Waals surface area contributed by atoms with Gasteiger partial charge in [0.15, 0.2) is 11.6 Å². The Labute approximate surface area is 101 Å². The Morgan fingerprint density at radius 1 is 1.35 bits per heavy atom. The lowest BCUT2D eigenvalue weighted by Gasteiger charge is -2.05. The van der Waals surface area contributed by atoms with Gasteiger partial charge in [-0.1, -0.05) is 17.7 Å². The first-order chi connectivity index (χ1) is 8.18. The SMILES string of the molecule is O=C(Nc1cnccn1)c1cccc(Cl)c1F. The Morgan fingerprint density at radius 3 is 2.88 bits per heavy atom.